The van der Waals surface area contributed by atoms with Gasteiger partial charge in [-0.2, -0.15) is 15.0 Å². The molecule has 13 atom stereocenters. The summed E-state index contributed by atoms with van der Waals surface area (Å²) in [6, 6.07) is 9.69. The topological polar surface area (TPSA) is 381 Å². The number of anilines is 11. The van der Waals surface area contributed by atoms with Gasteiger partial charge >= 0.3 is 0 Å². The van der Waals surface area contributed by atoms with E-state index in [1.165, 1.54) is 19.3 Å². The normalized spacial score (nSPS) is 31.2. The van der Waals surface area contributed by atoms with Crippen LogP contribution in [0, 0.1) is 41.4 Å². The fraction of sp³-hybridized carbons (Fsp3) is 0.571. The quantitative estimate of drug-likeness (QED) is 0.108. The van der Waals surface area contributed by atoms with Crippen LogP contribution in [0.5, 0.6) is 0 Å². The second-order valence-electron chi connectivity index (χ2n) is 33.6. The minimum absolute atomic E-state index is 0.00763. The second-order valence-corrected chi connectivity index (χ2v) is 33.6. The summed E-state index contributed by atoms with van der Waals surface area (Å²) < 4.78 is 60.2. The minimum atomic E-state index is -2.60. The number of likely N-dealkylation sites (tertiary alicyclic amines) is 1. The number of carbonyl (C=O) groups is 1. The maximum Gasteiger partial charge on any atom is 0.252 e. The zero-order valence-electron chi connectivity index (χ0n) is 62.6. The molecule has 112 heavy (non-hydrogen) atoms. The third-order valence-corrected chi connectivity index (χ3v) is 26.1. The maximum atomic E-state index is 14.4. The molecule has 12 saturated heterocycles. The Bertz CT molecular complexity index is 4830. The average Bonchev–Trinajstić information content (AvgIpc) is 1.56. The molecule has 20 heterocycles. The number of hydrogen-bond acceptors (Lipinski definition) is 31. The van der Waals surface area contributed by atoms with Gasteiger partial charge in [0.1, 0.15) is 23.1 Å². The van der Waals surface area contributed by atoms with Gasteiger partial charge in [0.2, 0.25) is 53.5 Å². The van der Waals surface area contributed by atoms with Crippen LogP contribution in [0.1, 0.15) is 89.7 Å². The summed E-state index contributed by atoms with van der Waals surface area (Å²) in [6.45, 7) is 15.4. The maximum absolute atomic E-state index is 14.4. The predicted octanol–water partition coefficient (Wildman–Crippen LogP) is 6.05. The third-order valence-electron chi connectivity index (χ3n) is 26.1. The van der Waals surface area contributed by atoms with Gasteiger partial charge in [-0.05, 0) is 106 Å². The first-order chi connectivity index (χ1) is 54.2. The summed E-state index contributed by atoms with van der Waals surface area (Å²) in [6.07, 6.45) is 23.0. The van der Waals surface area contributed by atoms with E-state index in [0.717, 1.165) is 178 Å². The highest BCUT2D eigenvalue weighted by atomic mass is 19.3. The fourth-order valence-electron chi connectivity index (χ4n) is 20.0. The second kappa shape index (κ2) is 27.8. The Labute approximate surface area is 644 Å². The Kier molecular flexibility index (Phi) is 17.5. The molecule has 584 valence electrons. The van der Waals surface area contributed by atoms with E-state index in [-0.39, 0.29) is 66.8 Å². The number of nitrogen functional groups attached to an aromatic ring is 4. The summed E-state index contributed by atoms with van der Waals surface area (Å²) >= 11 is 0. The monoisotopic (exact) mass is 1530 g/mol. The van der Waals surface area contributed by atoms with Gasteiger partial charge in [-0.3, -0.25) is 4.79 Å². The number of aromatic nitrogens is 16. The van der Waals surface area contributed by atoms with E-state index in [2.05, 4.69) is 75.3 Å². The molecule has 35 heteroatoms. The van der Waals surface area contributed by atoms with E-state index in [1.807, 2.05) is 28.0 Å². The Morgan fingerprint density at radius 3 is 1.21 bits per heavy atom. The van der Waals surface area contributed by atoms with Gasteiger partial charge in [-0.15, -0.1) is 0 Å². The highest BCUT2D eigenvalue weighted by Gasteiger charge is 2.59. The number of carbonyl (C=O) groups excluding carboxylic acids is 1. The summed E-state index contributed by atoms with van der Waals surface area (Å²) in [4.78, 5) is 101. The molecular weight excluding hydrogens is 1440 g/mol. The minimum Gasteiger partial charge on any atom is -0.374 e. The number of halogens is 3. The zero-order chi connectivity index (χ0) is 76.0. The van der Waals surface area contributed by atoms with Crippen LogP contribution < -0.4 is 57.2 Å². The van der Waals surface area contributed by atoms with Gasteiger partial charge in [-0.1, -0.05) is 0 Å². The first-order valence-corrected chi connectivity index (χ1v) is 39.6. The van der Waals surface area contributed by atoms with Crippen molar-refractivity contribution in [3.63, 3.8) is 0 Å². The number of hydrogen-bond donors (Lipinski definition) is 4. The van der Waals surface area contributed by atoms with Gasteiger partial charge in [0.05, 0.1) is 84.7 Å². The van der Waals surface area contributed by atoms with Gasteiger partial charge in [0.15, 0.2) is 0 Å². The fourth-order valence-corrected chi connectivity index (χ4v) is 20.0. The van der Waals surface area contributed by atoms with Crippen molar-refractivity contribution in [3.05, 3.63) is 79.5 Å². The summed E-state index contributed by atoms with van der Waals surface area (Å²) in [5.74, 6) is 6.40. The van der Waals surface area contributed by atoms with Crippen LogP contribution in [0.3, 0.4) is 0 Å². The Hall–Kier alpha value is -10.4. The lowest BCUT2D eigenvalue weighted by Crippen LogP contribution is -2.40. The van der Waals surface area contributed by atoms with Crippen molar-refractivity contribution in [1.82, 2.24) is 84.6 Å². The standard InChI is InChI=1S/C21H26FN7O.C20H23F2N7O.C20H23N7O.C16H19N7O/c1-21(22)4-12-8-28(9-13(12)5-21)20-26-17(14-6-24-19(23)25-7-14)3-18(27-20)29-10-16-2-15(29)11-30-16;21-20(22)2-1-11-7-28(9-15(11)20)19-26-16(12-5-24-18(23)25-6-12)4-17(27-19)29-8-14-3-13(29)10-30-14;1-10(28)26-8-14-15(9-26)18(14)17-4-16(12-5-22-19(21)23-6-12)24-20(25-17)27-7-11-2-13(27)3-11;17-15-18-6-10(7-19-15)13-5-14(21-16(20-13)22-2-1-3-22)23-8-12-4-11(23)9-24-12/h3,6-7,12-13,15-16H,2,4-5,8-11H2,1H3,(H2,23,24,25);4-6,11,13-15H,1-3,7-10H2,(H2,23,24,25);4-6,11,13-15,18H,2-3,7-9H2,1H3,(H2,21,22,23);5-7,11-12H,1-4,8-9H2,(H2,17,18,19)/t12-,13+,15-,16-,21?;11-,13+,14+,15+;;11-,12-/m01.0/s1. The average molecular weight is 1530 g/mol. The third kappa shape index (κ3) is 13.6. The molecule has 16 fully saturated rings. The molecule has 4 saturated carbocycles. The Morgan fingerprint density at radius 2 is 0.848 bits per heavy atom. The molecule has 8 bridgehead atoms. The zero-order valence-corrected chi connectivity index (χ0v) is 62.6. The number of amides is 1. The van der Waals surface area contributed by atoms with Crippen LogP contribution in [0.4, 0.5) is 78.2 Å². The van der Waals surface area contributed by atoms with Crippen molar-refractivity contribution >= 4 is 70.9 Å². The summed E-state index contributed by atoms with van der Waals surface area (Å²) in [5, 5.41) is 0. The number of alkyl halides is 3. The lowest BCUT2D eigenvalue weighted by atomic mass is 9.86. The van der Waals surface area contributed by atoms with E-state index in [4.69, 9.17) is 77.0 Å². The molecule has 3 unspecified atom stereocenters. The van der Waals surface area contributed by atoms with Gasteiger partial charge < -0.3 is 76.3 Å². The Balaban J connectivity index is 0.0000000976. The molecule has 0 radical (unpaired) electrons. The van der Waals surface area contributed by atoms with Gasteiger partial charge in [0.25, 0.3) is 5.92 Å². The number of nitrogens with zero attached hydrogens (tertiary/aromatic N) is 24. The number of morpholine rings is 3. The van der Waals surface area contributed by atoms with E-state index in [0.29, 0.717) is 104 Å². The molecular formula is C77H91F3N28O4. The van der Waals surface area contributed by atoms with E-state index < -0.39 is 17.5 Å². The highest BCUT2D eigenvalue weighted by Crippen LogP contribution is 2.59. The largest absolute Gasteiger partial charge is 0.374 e. The van der Waals surface area contributed by atoms with Crippen LogP contribution in [0.15, 0.2) is 73.8 Å². The van der Waals surface area contributed by atoms with Crippen molar-refractivity contribution in [1.29, 1.82) is 0 Å². The Morgan fingerprint density at radius 1 is 0.446 bits per heavy atom. The molecule has 32 nitrogen and oxygen atoms in total. The molecule has 4 aliphatic carbocycles. The number of piperidine rings is 1. The molecule has 8 N–H and O–H groups in total. The molecule has 8 aromatic rings. The van der Waals surface area contributed by atoms with E-state index in [1.54, 1.807) is 63.4 Å². The number of ether oxygens (including phenoxy) is 3. The van der Waals surface area contributed by atoms with E-state index >= 15 is 0 Å². The molecule has 0 aromatic carbocycles. The van der Waals surface area contributed by atoms with Crippen molar-refractivity contribution in [2.24, 2.45) is 41.4 Å². The van der Waals surface area contributed by atoms with Crippen LogP contribution in [0.25, 0.3) is 45.0 Å². The first kappa shape index (κ1) is 70.7. The summed E-state index contributed by atoms with van der Waals surface area (Å²) in [7, 11) is 0. The van der Waals surface area contributed by atoms with Gasteiger partial charge in [0, 0.05) is 200 Å². The first-order valence-electron chi connectivity index (χ1n) is 39.6. The number of fused-ring (bicyclic) bond motifs is 10. The number of rotatable bonds is 12. The molecule has 16 aliphatic rings. The molecule has 8 aromatic heterocycles. The van der Waals surface area contributed by atoms with Crippen LogP contribution in [-0.4, -0.2) is 243 Å². The highest BCUT2D eigenvalue weighted by molar-refractivity contribution is 5.74. The van der Waals surface area contributed by atoms with E-state index in [9.17, 15) is 18.0 Å². The number of nitrogens with two attached hydrogens (primary N) is 4. The molecule has 1 amide bonds. The summed E-state index contributed by atoms with van der Waals surface area (Å²) in [5.41, 5.74) is 29.0. The van der Waals surface area contributed by atoms with Crippen LogP contribution in [-0.2, 0) is 19.0 Å². The van der Waals surface area contributed by atoms with Crippen LogP contribution >= 0.6 is 0 Å². The van der Waals surface area contributed by atoms with Gasteiger partial charge in [-0.25, -0.2) is 78.0 Å². The lowest BCUT2D eigenvalue weighted by molar-refractivity contribution is -0.128. The van der Waals surface area contributed by atoms with Crippen LogP contribution in [0.2, 0.25) is 0 Å². The molecule has 12 aliphatic heterocycles. The predicted molar refractivity (Wildman–Crippen MR) is 410 cm³/mol. The van der Waals surface area contributed by atoms with Crippen molar-refractivity contribution in [3.8, 4) is 45.0 Å². The van der Waals surface area contributed by atoms with Crippen molar-refractivity contribution in [2.45, 2.75) is 138 Å². The SMILES string of the molecule is CC(=O)N1CC2C(C1)C2c1cc(-c2cnc(N)nc2)nc(N2CC3CC2C3)n1.CC1(F)C[C@H]2CN(c3nc(-c4cnc(N)nc4)cc(N4C[C@@H]5C[C@H]4CO5)n3)C[C@H]2C1.Nc1ncc(-c2cc(N3C[C@@H]4C[C@H]3CO4)nc(N3CCC3)n2)cn1.Nc1ncc(-c2cc(N3C[C@@H]4C[C@H]3CO4)nc(N3C[C@H]4CCC(F)(F)[C@H]4C3)n2)cn1. The molecule has 24 rings (SSSR count). The van der Waals surface area contributed by atoms with Crippen molar-refractivity contribution < 1.29 is 32.2 Å². The molecule has 0 spiro atoms. The lowest BCUT2D eigenvalue weighted by Gasteiger charge is -2.33. The van der Waals surface area contributed by atoms with Crippen molar-refractivity contribution in [2.75, 3.05) is 156 Å². The smallest absolute Gasteiger partial charge is 0.252 e.